The summed E-state index contributed by atoms with van der Waals surface area (Å²) in [5.41, 5.74) is 5.85. The Morgan fingerprint density at radius 2 is 1.56 bits per heavy atom. The molecule has 1 unspecified atom stereocenters. The maximum atomic E-state index is 12.0. The van der Waals surface area contributed by atoms with Gasteiger partial charge in [-0.2, -0.15) is 0 Å². The van der Waals surface area contributed by atoms with Crippen LogP contribution < -0.4 is 5.73 Å². The molecule has 92 valence electrons. The maximum Gasteiger partial charge on any atom is 0.239 e. The molecule has 3 heteroatoms. The van der Waals surface area contributed by atoms with Crippen LogP contribution in [0.15, 0.2) is 0 Å². The van der Waals surface area contributed by atoms with Crippen LogP contribution in [0, 0.1) is 0 Å². The molecule has 1 aliphatic heterocycles. The Morgan fingerprint density at radius 3 is 2.25 bits per heavy atom. The van der Waals surface area contributed by atoms with Crippen LogP contribution in [0.25, 0.3) is 0 Å². The first-order chi connectivity index (χ1) is 7.79. The van der Waals surface area contributed by atoms with E-state index in [2.05, 4.69) is 4.90 Å². The number of nitrogens with zero attached hydrogens (tertiary/aromatic N) is 1. The summed E-state index contributed by atoms with van der Waals surface area (Å²) >= 11 is 0. The standard InChI is InChI=1S/C13H24N2O/c14-12-9-6-10-15(13(12)16)11-7-4-2-1-3-5-8-11/h11-12H,1-10,14H2. The molecule has 16 heavy (non-hydrogen) atoms. The van der Waals surface area contributed by atoms with Gasteiger partial charge in [0.05, 0.1) is 6.04 Å². The Kier molecular flexibility index (Phi) is 4.22. The topological polar surface area (TPSA) is 46.3 Å². The normalized spacial score (nSPS) is 29.9. The Bertz CT molecular complexity index is 234. The summed E-state index contributed by atoms with van der Waals surface area (Å²) in [5.74, 6) is 0.205. The molecule has 3 nitrogen and oxygen atoms in total. The van der Waals surface area contributed by atoms with Crippen molar-refractivity contribution in [3.8, 4) is 0 Å². The zero-order valence-electron chi connectivity index (χ0n) is 10.2. The summed E-state index contributed by atoms with van der Waals surface area (Å²) < 4.78 is 0. The van der Waals surface area contributed by atoms with Crippen molar-refractivity contribution >= 4 is 5.91 Å². The molecule has 0 bridgehead atoms. The predicted octanol–water partition coefficient (Wildman–Crippen LogP) is 2.05. The number of carbonyl (C=O) groups excluding carboxylic acids is 1. The highest BCUT2D eigenvalue weighted by Crippen LogP contribution is 2.24. The Hall–Kier alpha value is -0.570. The van der Waals surface area contributed by atoms with E-state index in [0.717, 1.165) is 19.4 Å². The van der Waals surface area contributed by atoms with Crippen molar-refractivity contribution in [2.45, 2.75) is 69.9 Å². The highest BCUT2D eigenvalue weighted by atomic mass is 16.2. The lowest BCUT2D eigenvalue weighted by atomic mass is 9.93. The molecular weight excluding hydrogens is 200 g/mol. The average Bonchev–Trinajstić information content (AvgIpc) is 2.23. The third kappa shape index (κ3) is 2.76. The molecule has 1 aliphatic carbocycles. The number of amides is 1. The number of nitrogens with two attached hydrogens (primary N) is 1. The summed E-state index contributed by atoms with van der Waals surface area (Å²) in [6, 6.07) is 0.262. The van der Waals surface area contributed by atoms with Crippen molar-refractivity contribution in [1.82, 2.24) is 4.90 Å². The molecule has 1 saturated heterocycles. The first kappa shape index (κ1) is 11.9. The van der Waals surface area contributed by atoms with Crippen molar-refractivity contribution in [1.29, 1.82) is 0 Å². The second-order valence-corrected chi connectivity index (χ2v) is 5.28. The van der Waals surface area contributed by atoms with Gasteiger partial charge in [-0.15, -0.1) is 0 Å². The second kappa shape index (κ2) is 5.67. The molecular formula is C13H24N2O. The molecule has 1 amide bonds. The van der Waals surface area contributed by atoms with E-state index in [1.165, 1.54) is 44.9 Å². The highest BCUT2D eigenvalue weighted by molar-refractivity contribution is 5.82. The van der Waals surface area contributed by atoms with Gasteiger partial charge in [0.15, 0.2) is 0 Å². The molecule has 0 radical (unpaired) electrons. The summed E-state index contributed by atoms with van der Waals surface area (Å²) in [5, 5.41) is 0. The van der Waals surface area contributed by atoms with Gasteiger partial charge in [-0.05, 0) is 25.7 Å². The molecule has 2 N–H and O–H groups in total. The van der Waals surface area contributed by atoms with Gasteiger partial charge >= 0.3 is 0 Å². The minimum atomic E-state index is -0.223. The smallest absolute Gasteiger partial charge is 0.239 e. The van der Waals surface area contributed by atoms with E-state index in [9.17, 15) is 4.79 Å². The number of likely N-dealkylation sites (tertiary alicyclic amines) is 1. The van der Waals surface area contributed by atoms with Gasteiger partial charge in [-0.3, -0.25) is 4.79 Å². The van der Waals surface area contributed by atoms with Crippen LogP contribution in [0.3, 0.4) is 0 Å². The Balaban J connectivity index is 1.95. The van der Waals surface area contributed by atoms with Crippen LogP contribution in [-0.2, 0) is 4.79 Å². The zero-order valence-corrected chi connectivity index (χ0v) is 10.2. The molecule has 0 aromatic heterocycles. The lowest BCUT2D eigenvalue weighted by Gasteiger charge is -2.38. The first-order valence-electron chi connectivity index (χ1n) is 6.85. The van der Waals surface area contributed by atoms with Crippen molar-refractivity contribution in [3.05, 3.63) is 0 Å². The third-order valence-electron chi connectivity index (χ3n) is 4.03. The minimum absolute atomic E-state index is 0.205. The molecule has 0 aromatic carbocycles. The van der Waals surface area contributed by atoms with E-state index in [4.69, 9.17) is 5.73 Å². The zero-order chi connectivity index (χ0) is 11.4. The summed E-state index contributed by atoms with van der Waals surface area (Å²) in [4.78, 5) is 14.1. The van der Waals surface area contributed by atoms with Crippen molar-refractivity contribution in [2.75, 3.05) is 6.54 Å². The van der Waals surface area contributed by atoms with Crippen LogP contribution in [0.1, 0.15) is 57.8 Å². The Labute approximate surface area is 98.4 Å². The molecule has 0 spiro atoms. The number of carbonyl (C=O) groups is 1. The van der Waals surface area contributed by atoms with Gasteiger partial charge in [0.2, 0.25) is 5.91 Å². The summed E-state index contributed by atoms with van der Waals surface area (Å²) in [7, 11) is 0. The third-order valence-corrected chi connectivity index (χ3v) is 4.03. The van der Waals surface area contributed by atoms with Crippen LogP contribution in [-0.4, -0.2) is 29.4 Å². The predicted molar refractivity (Wildman–Crippen MR) is 65.0 cm³/mol. The number of piperidine rings is 1. The maximum absolute atomic E-state index is 12.0. The van der Waals surface area contributed by atoms with E-state index in [-0.39, 0.29) is 11.9 Å². The van der Waals surface area contributed by atoms with Gasteiger partial charge in [0.1, 0.15) is 0 Å². The van der Waals surface area contributed by atoms with Gasteiger partial charge in [-0.1, -0.05) is 32.1 Å². The van der Waals surface area contributed by atoms with E-state index in [0.29, 0.717) is 6.04 Å². The van der Waals surface area contributed by atoms with Crippen LogP contribution in [0.4, 0.5) is 0 Å². The molecule has 1 heterocycles. The fourth-order valence-electron chi connectivity index (χ4n) is 3.04. The van der Waals surface area contributed by atoms with E-state index in [1.807, 2.05) is 0 Å². The Morgan fingerprint density at radius 1 is 0.938 bits per heavy atom. The number of hydrogen-bond donors (Lipinski definition) is 1. The van der Waals surface area contributed by atoms with Crippen molar-refractivity contribution in [2.24, 2.45) is 5.73 Å². The van der Waals surface area contributed by atoms with Gasteiger partial charge in [0.25, 0.3) is 0 Å². The van der Waals surface area contributed by atoms with Gasteiger partial charge < -0.3 is 10.6 Å². The SMILES string of the molecule is NC1CCCN(C2CCCCCCC2)C1=O. The first-order valence-corrected chi connectivity index (χ1v) is 6.85. The largest absolute Gasteiger partial charge is 0.338 e. The van der Waals surface area contributed by atoms with Crippen LogP contribution >= 0.6 is 0 Å². The van der Waals surface area contributed by atoms with Gasteiger partial charge in [0, 0.05) is 12.6 Å². The highest BCUT2D eigenvalue weighted by Gasteiger charge is 2.30. The summed E-state index contributed by atoms with van der Waals surface area (Å²) in [6.07, 6.45) is 11.0. The quantitative estimate of drug-likeness (QED) is 0.741. The molecule has 1 atom stereocenters. The minimum Gasteiger partial charge on any atom is -0.338 e. The van der Waals surface area contributed by atoms with E-state index < -0.39 is 0 Å². The van der Waals surface area contributed by atoms with Gasteiger partial charge in [-0.25, -0.2) is 0 Å². The summed E-state index contributed by atoms with van der Waals surface area (Å²) in [6.45, 7) is 0.942. The molecule has 2 aliphatic rings. The van der Waals surface area contributed by atoms with Crippen molar-refractivity contribution < 1.29 is 4.79 Å². The fourth-order valence-corrected chi connectivity index (χ4v) is 3.04. The van der Waals surface area contributed by atoms with Crippen molar-refractivity contribution in [3.63, 3.8) is 0 Å². The molecule has 2 fully saturated rings. The van der Waals surface area contributed by atoms with E-state index in [1.54, 1.807) is 0 Å². The van der Waals surface area contributed by atoms with E-state index >= 15 is 0 Å². The molecule has 0 aromatic rings. The lowest BCUT2D eigenvalue weighted by molar-refractivity contribution is -0.137. The molecule has 1 saturated carbocycles. The van der Waals surface area contributed by atoms with Crippen LogP contribution in [0.2, 0.25) is 0 Å². The number of hydrogen-bond acceptors (Lipinski definition) is 2. The molecule has 2 rings (SSSR count). The lowest BCUT2D eigenvalue weighted by Crippen LogP contribution is -2.52. The van der Waals surface area contributed by atoms with Crippen LogP contribution in [0.5, 0.6) is 0 Å². The monoisotopic (exact) mass is 224 g/mol. The number of rotatable bonds is 1. The second-order valence-electron chi connectivity index (χ2n) is 5.28. The fraction of sp³-hybridized carbons (Fsp3) is 0.923. The average molecular weight is 224 g/mol.